The minimum absolute atomic E-state index is 0.117. The number of ether oxygens (including phenoxy) is 1. The van der Waals surface area contributed by atoms with Crippen LogP contribution in [0.4, 0.5) is 22.0 Å². The van der Waals surface area contributed by atoms with E-state index in [-0.39, 0.29) is 46.5 Å². The van der Waals surface area contributed by atoms with Gasteiger partial charge in [0.15, 0.2) is 11.6 Å². The van der Waals surface area contributed by atoms with Gasteiger partial charge >= 0.3 is 5.97 Å². The van der Waals surface area contributed by atoms with Crippen LogP contribution in [0.15, 0.2) is 54.9 Å². The van der Waals surface area contributed by atoms with Crippen molar-refractivity contribution in [1.29, 1.82) is 5.26 Å². The summed E-state index contributed by atoms with van der Waals surface area (Å²) >= 11 is 0. The summed E-state index contributed by atoms with van der Waals surface area (Å²) in [5.74, 6) is -9.08. The number of carboxylic acid groups (broad SMARTS) is 1. The molecule has 0 bridgehead atoms. The van der Waals surface area contributed by atoms with Gasteiger partial charge in [0, 0.05) is 28.3 Å². The molecule has 208 valence electrons. The number of H-pyrrole nitrogens is 2. The highest BCUT2D eigenvalue weighted by molar-refractivity contribution is 5.82. The summed E-state index contributed by atoms with van der Waals surface area (Å²) in [5.41, 5.74) is -4.07. The van der Waals surface area contributed by atoms with Crippen LogP contribution in [0.25, 0.3) is 22.3 Å². The predicted octanol–water partition coefficient (Wildman–Crippen LogP) is 6.89. The molecule has 0 saturated heterocycles. The second-order valence-corrected chi connectivity index (χ2v) is 9.02. The number of hydrogen-bond acceptors (Lipinski definition) is 4. The molecule has 2 heterocycles. The van der Waals surface area contributed by atoms with Gasteiger partial charge in [-0.2, -0.15) is 9.65 Å². The summed E-state index contributed by atoms with van der Waals surface area (Å²) in [5, 5.41) is 18.9. The molecule has 1 unspecified atom stereocenters. The number of nitrogens with one attached hydrogen (secondary N) is 2. The van der Waals surface area contributed by atoms with E-state index in [1.807, 2.05) is 0 Å². The van der Waals surface area contributed by atoms with Crippen LogP contribution in [-0.4, -0.2) is 26.0 Å². The van der Waals surface area contributed by atoms with Gasteiger partial charge in [-0.05, 0) is 60.8 Å². The molecule has 0 fully saturated rings. The molecule has 5 rings (SSSR count). The minimum atomic E-state index is -3.16. The second-order valence-electron chi connectivity index (χ2n) is 9.02. The largest absolute Gasteiger partial charge is 0.481 e. The highest BCUT2D eigenvalue weighted by atomic mass is 19.2. The first-order valence-corrected chi connectivity index (χ1v) is 11.9. The molecule has 0 saturated carbocycles. The molecule has 5 aromatic rings. The molecule has 0 radical (unpaired) electrons. The second kappa shape index (κ2) is 10.4. The normalized spacial score (nSPS) is 14.1. The highest BCUT2D eigenvalue weighted by Crippen LogP contribution is 2.37. The van der Waals surface area contributed by atoms with Crippen LogP contribution in [0.5, 0.6) is 11.5 Å². The Morgan fingerprint density at radius 1 is 1.10 bits per heavy atom. The van der Waals surface area contributed by atoms with E-state index < -0.39 is 64.3 Å². The summed E-state index contributed by atoms with van der Waals surface area (Å²) < 4.78 is 103. The van der Waals surface area contributed by atoms with E-state index in [1.54, 1.807) is 6.07 Å². The minimum Gasteiger partial charge on any atom is -0.481 e. The number of aliphatic carboxylic acids is 1. The molecule has 3 aromatic carbocycles. The van der Waals surface area contributed by atoms with Gasteiger partial charge in [-0.15, -0.1) is 0 Å². The molecule has 0 spiro atoms. The van der Waals surface area contributed by atoms with Crippen molar-refractivity contribution in [2.24, 2.45) is 0 Å². The number of aromatic amines is 2. The zero-order valence-electron chi connectivity index (χ0n) is 23.7. The van der Waals surface area contributed by atoms with E-state index >= 15 is 0 Å². The van der Waals surface area contributed by atoms with E-state index in [1.165, 1.54) is 18.3 Å². The van der Waals surface area contributed by atoms with E-state index in [0.717, 1.165) is 36.5 Å². The number of carboxylic acids is 1. The monoisotopic (exact) mass is 569 g/mol. The van der Waals surface area contributed by atoms with Gasteiger partial charge in [-0.3, -0.25) is 4.79 Å². The van der Waals surface area contributed by atoms with Gasteiger partial charge in [-0.25, -0.2) is 22.5 Å². The van der Waals surface area contributed by atoms with Crippen molar-refractivity contribution < 1.29 is 40.7 Å². The summed E-state index contributed by atoms with van der Waals surface area (Å²) in [7, 11) is 0. The standard InChI is InChI=1S/C29H19F5N4O3/c1-29(13-35,15-8-14(2-5-22(39)40)9-16(30)10-15)21-12-37-28(38-21)19-11-17(3-4-20(19)31)41-27-23(32)18-6-7-36-26(18)24(33)25(27)34/h3-4,6-12,36H,2,5H2,1H3,(H,37,38)(H,39,40)/i1D3. The Bertz CT molecular complexity index is 1970. The maximum Gasteiger partial charge on any atom is 0.303 e. The van der Waals surface area contributed by atoms with Gasteiger partial charge in [0.1, 0.15) is 28.6 Å². The van der Waals surface area contributed by atoms with Gasteiger partial charge in [0.25, 0.3) is 0 Å². The van der Waals surface area contributed by atoms with Gasteiger partial charge in [0.05, 0.1) is 22.8 Å². The third-order valence-corrected chi connectivity index (χ3v) is 6.36. The SMILES string of the molecule is [2H]C([2H])([2H])C(C#N)(c1cc(F)cc(CCC(=O)O)c1)c1c[nH]c(-c2cc(Oc3c(F)c(F)c4[nH]ccc4c3F)ccc2F)n1. The number of nitrogens with zero attached hydrogens (tertiary/aromatic N) is 2. The van der Waals surface area contributed by atoms with E-state index in [0.29, 0.717) is 0 Å². The average molecular weight is 570 g/mol. The Morgan fingerprint density at radius 2 is 1.90 bits per heavy atom. The van der Waals surface area contributed by atoms with Crippen LogP contribution in [-0.2, 0) is 16.6 Å². The molecule has 7 nitrogen and oxygen atoms in total. The van der Waals surface area contributed by atoms with Crippen molar-refractivity contribution in [3.05, 3.63) is 101 Å². The van der Waals surface area contributed by atoms with Gasteiger partial charge in [-0.1, -0.05) is 6.07 Å². The van der Waals surface area contributed by atoms with Crippen LogP contribution >= 0.6 is 0 Å². The number of nitriles is 1. The predicted molar refractivity (Wildman–Crippen MR) is 137 cm³/mol. The lowest BCUT2D eigenvalue weighted by atomic mass is 9.80. The lowest BCUT2D eigenvalue weighted by Crippen LogP contribution is -2.22. The molecule has 0 aliphatic rings. The van der Waals surface area contributed by atoms with Crippen LogP contribution in [0.2, 0.25) is 0 Å². The highest BCUT2D eigenvalue weighted by Gasteiger charge is 2.33. The lowest BCUT2D eigenvalue weighted by molar-refractivity contribution is -0.136. The number of hydrogen-bond donors (Lipinski definition) is 3. The number of carbonyl (C=O) groups is 1. The maximum atomic E-state index is 15.0. The smallest absolute Gasteiger partial charge is 0.303 e. The first-order chi connectivity index (χ1) is 20.8. The van der Waals surface area contributed by atoms with Crippen molar-refractivity contribution in [3.63, 3.8) is 0 Å². The fourth-order valence-corrected chi connectivity index (χ4v) is 4.30. The van der Waals surface area contributed by atoms with Gasteiger partial charge in [0.2, 0.25) is 11.6 Å². The molecule has 41 heavy (non-hydrogen) atoms. The Morgan fingerprint density at radius 3 is 2.63 bits per heavy atom. The van der Waals surface area contributed by atoms with Crippen molar-refractivity contribution >= 4 is 16.9 Å². The Balaban J connectivity index is 1.58. The number of aryl methyl sites for hydroxylation is 1. The van der Waals surface area contributed by atoms with Gasteiger partial charge < -0.3 is 19.8 Å². The topological polar surface area (TPSA) is 115 Å². The van der Waals surface area contributed by atoms with Crippen LogP contribution in [0.3, 0.4) is 0 Å². The van der Waals surface area contributed by atoms with E-state index in [2.05, 4.69) is 15.0 Å². The first kappa shape index (κ1) is 23.7. The first-order valence-electron chi connectivity index (χ1n) is 13.4. The third-order valence-electron chi connectivity index (χ3n) is 6.36. The lowest BCUT2D eigenvalue weighted by Gasteiger charge is -2.21. The number of imidazole rings is 1. The molecule has 0 aliphatic carbocycles. The molecule has 12 heteroatoms. The Hall–Kier alpha value is -5.18. The Kier molecular flexibility index (Phi) is 6.02. The summed E-state index contributed by atoms with van der Waals surface area (Å²) in [6.45, 7) is -3.16. The number of aromatic nitrogens is 3. The number of rotatable bonds is 8. The van der Waals surface area contributed by atoms with Crippen LogP contribution in [0.1, 0.15) is 34.2 Å². The fourth-order valence-electron chi connectivity index (χ4n) is 4.30. The summed E-state index contributed by atoms with van der Waals surface area (Å²) in [6, 6.07) is 8.70. The third kappa shape index (κ3) is 4.98. The quantitative estimate of drug-likeness (QED) is 0.139. The van der Waals surface area contributed by atoms with Crippen molar-refractivity contribution in [2.45, 2.75) is 25.1 Å². The molecule has 1 atom stereocenters. The molecular weight excluding hydrogens is 547 g/mol. The van der Waals surface area contributed by atoms with E-state index in [4.69, 9.17) is 14.0 Å². The number of benzene rings is 3. The average Bonchev–Trinajstić information content (AvgIpc) is 3.65. The number of halogens is 5. The molecule has 0 aliphatic heterocycles. The molecule has 2 aromatic heterocycles. The van der Waals surface area contributed by atoms with Crippen LogP contribution in [0, 0.1) is 40.4 Å². The molecular formula is C29H19F5N4O3. The van der Waals surface area contributed by atoms with E-state index in [9.17, 15) is 32.0 Å². The molecule has 0 amide bonds. The Labute approximate surface area is 233 Å². The zero-order valence-corrected chi connectivity index (χ0v) is 20.7. The summed E-state index contributed by atoms with van der Waals surface area (Å²) in [4.78, 5) is 20.1. The van der Waals surface area contributed by atoms with Crippen molar-refractivity contribution in [2.75, 3.05) is 0 Å². The number of fused-ring (bicyclic) bond motifs is 1. The fraction of sp³-hybridized carbons (Fsp3) is 0.138. The van der Waals surface area contributed by atoms with Crippen molar-refractivity contribution in [1.82, 2.24) is 15.0 Å². The zero-order chi connectivity index (χ0) is 32.0. The van der Waals surface area contributed by atoms with Crippen molar-refractivity contribution in [3.8, 4) is 29.0 Å². The maximum absolute atomic E-state index is 15.0. The molecule has 3 N–H and O–H groups in total. The summed E-state index contributed by atoms with van der Waals surface area (Å²) in [6.07, 6.45) is 1.66. The van der Waals surface area contributed by atoms with Crippen LogP contribution < -0.4 is 4.74 Å².